The molecule has 14 heavy (non-hydrogen) atoms. The fourth-order valence-corrected chi connectivity index (χ4v) is 2.20. The third-order valence-electron chi connectivity index (χ3n) is 2.56. The van der Waals surface area contributed by atoms with Gasteiger partial charge in [-0.3, -0.25) is 0 Å². The molecule has 1 aromatic carbocycles. The molecule has 0 aromatic heterocycles. The van der Waals surface area contributed by atoms with E-state index in [1.165, 1.54) is 0 Å². The zero-order valence-electron chi connectivity index (χ0n) is 7.37. The van der Waals surface area contributed by atoms with Crippen molar-refractivity contribution in [3.63, 3.8) is 0 Å². The molecule has 4 heteroatoms. The highest BCUT2D eigenvalue weighted by Crippen LogP contribution is 2.38. The lowest BCUT2D eigenvalue weighted by molar-refractivity contribution is 0.310. The molecule has 1 aliphatic carbocycles. The Labute approximate surface area is 92.1 Å². The lowest BCUT2D eigenvalue weighted by Crippen LogP contribution is -2.23. The molecule has 0 radical (unpaired) electrons. The van der Waals surface area contributed by atoms with Gasteiger partial charge in [0.2, 0.25) is 0 Å². The molecule has 1 saturated carbocycles. The molecule has 1 aliphatic rings. The van der Waals surface area contributed by atoms with E-state index in [0.29, 0.717) is 10.0 Å². The SMILES string of the molecule is ON=C1CCC1c1ccc(Cl)cc1Cl. The summed E-state index contributed by atoms with van der Waals surface area (Å²) < 4.78 is 0. The van der Waals surface area contributed by atoms with E-state index in [4.69, 9.17) is 28.4 Å². The molecule has 0 bridgehead atoms. The van der Waals surface area contributed by atoms with Crippen LogP contribution in [0.15, 0.2) is 23.4 Å². The van der Waals surface area contributed by atoms with Crippen LogP contribution in [0.2, 0.25) is 10.0 Å². The van der Waals surface area contributed by atoms with Crippen molar-refractivity contribution in [1.82, 2.24) is 0 Å². The minimum absolute atomic E-state index is 0.171. The first-order valence-electron chi connectivity index (χ1n) is 4.38. The van der Waals surface area contributed by atoms with Gasteiger partial charge in [0.15, 0.2) is 0 Å². The van der Waals surface area contributed by atoms with Crippen LogP contribution < -0.4 is 0 Å². The Balaban J connectivity index is 2.33. The molecule has 0 saturated heterocycles. The van der Waals surface area contributed by atoms with E-state index in [1.807, 2.05) is 6.07 Å². The normalized spacial score (nSPS) is 23.6. The number of hydrogen-bond donors (Lipinski definition) is 1. The molecule has 74 valence electrons. The highest BCUT2D eigenvalue weighted by Gasteiger charge is 2.29. The summed E-state index contributed by atoms with van der Waals surface area (Å²) in [7, 11) is 0. The van der Waals surface area contributed by atoms with Crippen molar-refractivity contribution in [3.8, 4) is 0 Å². The highest BCUT2D eigenvalue weighted by atomic mass is 35.5. The molecule has 0 aliphatic heterocycles. The fraction of sp³-hybridized carbons (Fsp3) is 0.300. The van der Waals surface area contributed by atoms with Gasteiger partial charge in [-0.15, -0.1) is 0 Å². The second-order valence-electron chi connectivity index (χ2n) is 3.35. The Morgan fingerprint density at radius 3 is 2.64 bits per heavy atom. The van der Waals surface area contributed by atoms with Gasteiger partial charge in [0.25, 0.3) is 0 Å². The second kappa shape index (κ2) is 3.79. The van der Waals surface area contributed by atoms with Crippen LogP contribution >= 0.6 is 23.2 Å². The van der Waals surface area contributed by atoms with Crippen molar-refractivity contribution in [2.24, 2.45) is 5.16 Å². The van der Waals surface area contributed by atoms with E-state index in [2.05, 4.69) is 5.16 Å². The van der Waals surface area contributed by atoms with E-state index in [1.54, 1.807) is 12.1 Å². The minimum Gasteiger partial charge on any atom is -0.411 e. The molecule has 2 nitrogen and oxygen atoms in total. The molecule has 0 heterocycles. The first-order chi connectivity index (χ1) is 6.72. The van der Waals surface area contributed by atoms with Crippen molar-refractivity contribution >= 4 is 28.9 Å². The zero-order valence-corrected chi connectivity index (χ0v) is 8.89. The predicted molar refractivity (Wildman–Crippen MR) is 57.7 cm³/mol. The Morgan fingerprint density at radius 2 is 2.14 bits per heavy atom. The molecule has 0 amide bonds. The summed E-state index contributed by atoms with van der Waals surface area (Å²) in [6, 6.07) is 5.40. The topological polar surface area (TPSA) is 32.6 Å². The molecule has 0 spiro atoms. The van der Waals surface area contributed by atoms with Gasteiger partial charge in [0.1, 0.15) is 0 Å². The Kier molecular flexibility index (Phi) is 2.66. The van der Waals surface area contributed by atoms with E-state index < -0.39 is 0 Å². The van der Waals surface area contributed by atoms with E-state index in [-0.39, 0.29) is 5.92 Å². The van der Waals surface area contributed by atoms with Gasteiger partial charge in [-0.2, -0.15) is 0 Å². The van der Waals surface area contributed by atoms with Gasteiger partial charge in [0.05, 0.1) is 5.71 Å². The quantitative estimate of drug-likeness (QED) is 0.579. The van der Waals surface area contributed by atoms with Crippen LogP contribution in [0, 0.1) is 0 Å². The summed E-state index contributed by atoms with van der Waals surface area (Å²) in [5, 5.41) is 13.2. The van der Waals surface area contributed by atoms with E-state index >= 15 is 0 Å². The smallest absolute Gasteiger partial charge is 0.0646 e. The second-order valence-corrected chi connectivity index (χ2v) is 4.19. The molecular formula is C10H9Cl2NO. The van der Waals surface area contributed by atoms with Gasteiger partial charge in [-0.1, -0.05) is 34.4 Å². The average molecular weight is 230 g/mol. The van der Waals surface area contributed by atoms with Crippen molar-refractivity contribution < 1.29 is 5.21 Å². The van der Waals surface area contributed by atoms with Gasteiger partial charge < -0.3 is 5.21 Å². The molecule has 1 N–H and O–H groups in total. The number of nitrogens with zero attached hydrogens (tertiary/aromatic N) is 1. The van der Waals surface area contributed by atoms with Crippen LogP contribution in [-0.4, -0.2) is 10.9 Å². The highest BCUT2D eigenvalue weighted by molar-refractivity contribution is 6.35. The number of benzene rings is 1. The summed E-state index contributed by atoms with van der Waals surface area (Å²) in [6.45, 7) is 0. The summed E-state index contributed by atoms with van der Waals surface area (Å²) >= 11 is 11.8. The van der Waals surface area contributed by atoms with Crippen LogP contribution in [0.5, 0.6) is 0 Å². The summed E-state index contributed by atoms with van der Waals surface area (Å²) in [5.41, 5.74) is 1.80. The van der Waals surface area contributed by atoms with E-state index in [0.717, 1.165) is 24.1 Å². The summed E-state index contributed by atoms with van der Waals surface area (Å²) in [6.07, 6.45) is 1.83. The number of hydrogen-bond acceptors (Lipinski definition) is 2. The fourth-order valence-electron chi connectivity index (χ4n) is 1.66. The first kappa shape index (κ1) is 9.81. The molecule has 1 unspecified atom stereocenters. The Bertz CT molecular complexity index is 390. The molecule has 1 aromatic rings. The van der Waals surface area contributed by atoms with Crippen LogP contribution in [0.1, 0.15) is 24.3 Å². The Morgan fingerprint density at radius 1 is 1.36 bits per heavy atom. The van der Waals surface area contributed by atoms with Gasteiger partial charge in [-0.05, 0) is 30.5 Å². The Hall–Kier alpha value is -0.730. The van der Waals surface area contributed by atoms with Gasteiger partial charge in [-0.25, -0.2) is 0 Å². The van der Waals surface area contributed by atoms with Crippen molar-refractivity contribution in [3.05, 3.63) is 33.8 Å². The number of oxime groups is 1. The maximum atomic E-state index is 8.68. The van der Waals surface area contributed by atoms with Gasteiger partial charge >= 0.3 is 0 Å². The first-order valence-corrected chi connectivity index (χ1v) is 5.13. The largest absolute Gasteiger partial charge is 0.411 e. The maximum Gasteiger partial charge on any atom is 0.0646 e. The molecular weight excluding hydrogens is 221 g/mol. The predicted octanol–water partition coefficient (Wildman–Crippen LogP) is 3.70. The third kappa shape index (κ3) is 1.60. The maximum absolute atomic E-state index is 8.68. The number of halogens is 2. The summed E-state index contributed by atoms with van der Waals surface area (Å²) in [5.74, 6) is 0.171. The average Bonchev–Trinajstić information content (AvgIpc) is 2.08. The van der Waals surface area contributed by atoms with Crippen LogP contribution in [0.4, 0.5) is 0 Å². The van der Waals surface area contributed by atoms with Crippen LogP contribution in [0.25, 0.3) is 0 Å². The zero-order chi connectivity index (χ0) is 10.1. The molecule has 2 rings (SSSR count). The lowest BCUT2D eigenvalue weighted by Gasteiger charge is -2.27. The minimum atomic E-state index is 0.171. The molecule has 1 fully saturated rings. The van der Waals surface area contributed by atoms with Crippen LogP contribution in [0.3, 0.4) is 0 Å². The molecule has 1 atom stereocenters. The summed E-state index contributed by atoms with van der Waals surface area (Å²) in [4.78, 5) is 0. The van der Waals surface area contributed by atoms with Gasteiger partial charge in [0, 0.05) is 16.0 Å². The lowest BCUT2D eigenvalue weighted by atomic mass is 9.78. The third-order valence-corrected chi connectivity index (χ3v) is 3.12. The van der Waals surface area contributed by atoms with Crippen molar-refractivity contribution in [1.29, 1.82) is 0 Å². The number of rotatable bonds is 1. The van der Waals surface area contributed by atoms with Crippen molar-refractivity contribution in [2.45, 2.75) is 18.8 Å². The monoisotopic (exact) mass is 229 g/mol. The van der Waals surface area contributed by atoms with Crippen molar-refractivity contribution in [2.75, 3.05) is 0 Å². The standard InChI is InChI=1S/C10H9Cl2NO/c11-6-1-2-7(9(12)5-6)8-3-4-10(8)13-14/h1-2,5,8,14H,3-4H2. The van der Waals surface area contributed by atoms with Crippen LogP contribution in [-0.2, 0) is 0 Å². The van der Waals surface area contributed by atoms with E-state index in [9.17, 15) is 0 Å².